The molecule has 7 heteroatoms. The molecule has 0 fully saturated rings. The van der Waals surface area contributed by atoms with Crippen LogP contribution in [0.25, 0.3) is 5.69 Å². The summed E-state index contributed by atoms with van der Waals surface area (Å²) in [6, 6.07) is 15.8. The Labute approximate surface area is 170 Å². The van der Waals surface area contributed by atoms with Crippen LogP contribution in [-0.4, -0.2) is 28.0 Å². The van der Waals surface area contributed by atoms with Crippen LogP contribution in [0.15, 0.2) is 54.6 Å². The lowest BCUT2D eigenvalue weighted by Gasteiger charge is -2.14. The van der Waals surface area contributed by atoms with Crippen molar-refractivity contribution in [3.8, 4) is 17.2 Å². The predicted octanol–water partition coefficient (Wildman–Crippen LogP) is 4.21. The minimum absolute atomic E-state index is 0.143. The van der Waals surface area contributed by atoms with Gasteiger partial charge in [0, 0.05) is 29.7 Å². The summed E-state index contributed by atoms with van der Waals surface area (Å²) in [5, 5.41) is 20.2. The number of methoxy groups -OCH3 is 1. The predicted molar refractivity (Wildman–Crippen MR) is 113 cm³/mol. The zero-order valence-corrected chi connectivity index (χ0v) is 17.1. The first kappa shape index (κ1) is 20.3. The molecule has 3 rings (SSSR count). The molecule has 0 spiro atoms. The monoisotopic (exact) mass is 394 g/mol. The molecule has 2 aromatic carbocycles. The van der Waals surface area contributed by atoms with Crippen LogP contribution in [0, 0.1) is 0 Å². The number of nitrogens with zero attached hydrogens (tertiary/aromatic N) is 2. The topological polar surface area (TPSA) is 88.4 Å². The summed E-state index contributed by atoms with van der Waals surface area (Å²) >= 11 is 0. The number of benzene rings is 2. The van der Waals surface area contributed by atoms with Gasteiger partial charge in [-0.05, 0) is 18.2 Å². The number of ether oxygens (including phenoxy) is 1. The Balaban J connectivity index is 1.84. The number of rotatable bonds is 5. The Bertz CT molecular complexity index is 1010. The Morgan fingerprint density at radius 1 is 1.14 bits per heavy atom. The fourth-order valence-electron chi connectivity index (χ4n) is 2.77. The number of phenolic OH excluding ortho intramolecular Hbond substituents is 1. The van der Waals surface area contributed by atoms with E-state index in [-0.39, 0.29) is 17.7 Å². The first-order valence-electron chi connectivity index (χ1n) is 9.34. The summed E-state index contributed by atoms with van der Waals surface area (Å²) in [4.78, 5) is 12.5. The maximum Gasteiger partial charge on any atom is 0.320 e. The van der Waals surface area contributed by atoms with Crippen LogP contribution in [0.4, 0.5) is 10.6 Å². The number of phenols is 1. The number of nitrogens with one attached hydrogen (secondary N) is 2. The lowest BCUT2D eigenvalue weighted by Crippen LogP contribution is -2.29. The molecule has 0 saturated heterocycles. The quantitative estimate of drug-likeness (QED) is 0.605. The molecular weight excluding hydrogens is 368 g/mol. The van der Waals surface area contributed by atoms with Crippen molar-refractivity contribution in [1.29, 1.82) is 0 Å². The number of hydrogen-bond donors (Lipinski definition) is 3. The normalized spacial score (nSPS) is 11.2. The zero-order chi connectivity index (χ0) is 21.0. The molecular formula is C22H26N4O3. The van der Waals surface area contributed by atoms with E-state index < -0.39 is 6.03 Å². The van der Waals surface area contributed by atoms with Crippen LogP contribution in [0.3, 0.4) is 0 Å². The Morgan fingerprint density at radius 2 is 1.90 bits per heavy atom. The van der Waals surface area contributed by atoms with Gasteiger partial charge < -0.3 is 15.2 Å². The van der Waals surface area contributed by atoms with Crippen molar-refractivity contribution in [3.05, 3.63) is 65.9 Å². The summed E-state index contributed by atoms with van der Waals surface area (Å²) in [6.45, 7) is 6.39. The van der Waals surface area contributed by atoms with Gasteiger partial charge in [-0.2, -0.15) is 5.10 Å². The second-order valence-corrected chi connectivity index (χ2v) is 7.71. The van der Waals surface area contributed by atoms with Crippen molar-refractivity contribution >= 4 is 11.8 Å². The van der Waals surface area contributed by atoms with E-state index >= 15 is 0 Å². The number of urea groups is 1. The highest BCUT2D eigenvalue weighted by Crippen LogP contribution is 2.27. The molecule has 1 heterocycles. The van der Waals surface area contributed by atoms with Crippen LogP contribution in [0.5, 0.6) is 11.5 Å². The highest BCUT2D eigenvalue weighted by atomic mass is 16.5. The summed E-state index contributed by atoms with van der Waals surface area (Å²) in [5.74, 6) is 1.38. The molecule has 0 aliphatic carbocycles. The molecule has 152 valence electrons. The van der Waals surface area contributed by atoms with Gasteiger partial charge in [0.2, 0.25) is 0 Å². The van der Waals surface area contributed by atoms with E-state index in [1.165, 1.54) is 0 Å². The summed E-state index contributed by atoms with van der Waals surface area (Å²) in [6.07, 6.45) is 0. The van der Waals surface area contributed by atoms with Crippen LogP contribution in [0.2, 0.25) is 0 Å². The average Bonchev–Trinajstić information content (AvgIpc) is 3.11. The maximum atomic E-state index is 12.5. The maximum absolute atomic E-state index is 12.5. The summed E-state index contributed by atoms with van der Waals surface area (Å²) in [5.41, 5.74) is 2.07. The van der Waals surface area contributed by atoms with E-state index in [1.807, 2.05) is 36.4 Å². The van der Waals surface area contributed by atoms with Gasteiger partial charge in [0.25, 0.3) is 0 Å². The van der Waals surface area contributed by atoms with Crippen molar-refractivity contribution in [2.75, 3.05) is 12.4 Å². The van der Waals surface area contributed by atoms with Gasteiger partial charge in [0.1, 0.15) is 17.3 Å². The number of aromatic hydroxyl groups is 1. The molecule has 3 N–H and O–H groups in total. The minimum atomic E-state index is -0.391. The smallest absolute Gasteiger partial charge is 0.320 e. The molecule has 0 aliphatic heterocycles. The molecule has 0 aliphatic rings. The van der Waals surface area contributed by atoms with Gasteiger partial charge in [0.05, 0.1) is 18.5 Å². The Hall–Kier alpha value is -3.48. The van der Waals surface area contributed by atoms with E-state index in [0.717, 1.165) is 11.4 Å². The number of hydrogen-bond acceptors (Lipinski definition) is 4. The van der Waals surface area contributed by atoms with Gasteiger partial charge in [-0.1, -0.05) is 45.0 Å². The Morgan fingerprint density at radius 3 is 2.59 bits per heavy atom. The van der Waals surface area contributed by atoms with E-state index in [4.69, 9.17) is 9.84 Å². The van der Waals surface area contributed by atoms with Crippen molar-refractivity contribution < 1.29 is 14.6 Å². The number of anilines is 1. The highest BCUT2D eigenvalue weighted by Gasteiger charge is 2.21. The van der Waals surface area contributed by atoms with Gasteiger partial charge in [-0.25, -0.2) is 9.48 Å². The van der Waals surface area contributed by atoms with Gasteiger partial charge in [0.15, 0.2) is 0 Å². The molecule has 1 aromatic heterocycles. The molecule has 0 radical (unpaired) electrons. The number of amides is 2. The van der Waals surface area contributed by atoms with Gasteiger partial charge in [-0.3, -0.25) is 5.32 Å². The molecule has 7 nitrogen and oxygen atoms in total. The molecule has 0 saturated carbocycles. The second kappa shape index (κ2) is 8.26. The van der Waals surface area contributed by atoms with E-state index in [1.54, 1.807) is 30.0 Å². The van der Waals surface area contributed by atoms with Crippen molar-refractivity contribution in [3.63, 3.8) is 0 Å². The van der Waals surface area contributed by atoms with E-state index in [9.17, 15) is 9.90 Å². The van der Waals surface area contributed by atoms with Gasteiger partial charge >= 0.3 is 6.03 Å². The molecule has 3 aromatic rings. The third kappa shape index (κ3) is 4.87. The number of aromatic nitrogens is 2. The first-order valence-corrected chi connectivity index (χ1v) is 9.34. The largest absolute Gasteiger partial charge is 0.508 e. The third-order valence-corrected chi connectivity index (χ3v) is 4.45. The first-order chi connectivity index (χ1) is 13.8. The standard InChI is InChI=1S/C22H26N4O3/c1-22(2,3)19-13-20(26(25-19)16-9-7-10-17(12-16)29-4)24-21(28)23-14-15-8-5-6-11-18(15)27/h5-13,27H,14H2,1-4H3,(H2,23,24,28). The molecule has 0 unspecified atom stereocenters. The van der Waals surface area contributed by atoms with Crippen LogP contribution < -0.4 is 15.4 Å². The molecule has 0 bridgehead atoms. The molecule has 2 amide bonds. The van der Waals surface area contributed by atoms with Crippen molar-refractivity contribution in [2.45, 2.75) is 32.7 Å². The van der Waals surface area contributed by atoms with Crippen LogP contribution in [-0.2, 0) is 12.0 Å². The fourth-order valence-corrected chi connectivity index (χ4v) is 2.77. The highest BCUT2D eigenvalue weighted by molar-refractivity contribution is 5.88. The SMILES string of the molecule is COc1cccc(-n2nc(C(C)(C)C)cc2NC(=O)NCc2ccccc2O)c1. The number of carbonyl (C=O) groups is 1. The molecule has 29 heavy (non-hydrogen) atoms. The van der Waals surface area contributed by atoms with Crippen molar-refractivity contribution in [1.82, 2.24) is 15.1 Å². The van der Waals surface area contributed by atoms with Crippen LogP contribution >= 0.6 is 0 Å². The minimum Gasteiger partial charge on any atom is -0.508 e. The summed E-state index contributed by atoms with van der Waals surface area (Å²) in [7, 11) is 1.61. The molecule has 0 atom stereocenters. The Kier molecular flexibility index (Phi) is 5.77. The lowest BCUT2D eigenvalue weighted by atomic mass is 9.92. The van der Waals surface area contributed by atoms with E-state index in [0.29, 0.717) is 17.1 Å². The third-order valence-electron chi connectivity index (χ3n) is 4.45. The zero-order valence-electron chi connectivity index (χ0n) is 17.1. The van der Waals surface area contributed by atoms with Crippen LogP contribution in [0.1, 0.15) is 32.0 Å². The average molecular weight is 394 g/mol. The number of para-hydroxylation sites is 1. The van der Waals surface area contributed by atoms with Gasteiger partial charge in [-0.15, -0.1) is 0 Å². The fraction of sp³-hybridized carbons (Fsp3) is 0.273. The van der Waals surface area contributed by atoms with E-state index in [2.05, 4.69) is 31.4 Å². The summed E-state index contributed by atoms with van der Waals surface area (Å²) < 4.78 is 6.99. The van der Waals surface area contributed by atoms with Crippen molar-refractivity contribution in [2.24, 2.45) is 0 Å². The lowest BCUT2D eigenvalue weighted by molar-refractivity contribution is 0.251. The number of carbonyl (C=O) groups excluding carboxylic acids is 1. The second-order valence-electron chi connectivity index (χ2n) is 7.71.